The Morgan fingerprint density at radius 1 is 1.24 bits per heavy atom. The number of rotatable bonds is 4. The van der Waals surface area contributed by atoms with Gasteiger partial charge in [-0.3, -0.25) is 9.25 Å². The maximum absolute atomic E-state index is 6.08. The van der Waals surface area contributed by atoms with Crippen molar-refractivity contribution in [2.24, 2.45) is 7.05 Å². The lowest BCUT2D eigenvalue weighted by Crippen LogP contribution is -2.08. The summed E-state index contributed by atoms with van der Waals surface area (Å²) in [6.07, 6.45) is 0.844. The van der Waals surface area contributed by atoms with Gasteiger partial charge >= 0.3 is 0 Å². The average Bonchev–Trinajstić information content (AvgIpc) is 2.98. The highest BCUT2D eigenvalue weighted by Crippen LogP contribution is 2.23. The zero-order valence-electron chi connectivity index (χ0n) is 12.5. The lowest BCUT2D eigenvalue weighted by atomic mass is 10.2. The molecule has 0 unspecified atom stereocenters. The minimum Gasteiger partial charge on any atom is -0.497 e. The largest absolute Gasteiger partial charge is 0.497 e. The van der Waals surface area contributed by atoms with E-state index in [1.165, 1.54) is 0 Å². The fraction of sp³-hybridized carbons (Fsp3) is 0.333. The van der Waals surface area contributed by atoms with E-state index in [0.29, 0.717) is 12.5 Å². The molecule has 6 heteroatoms. The van der Waals surface area contributed by atoms with Crippen molar-refractivity contribution in [2.75, 3.05) is 12.8 Å². The quantitative estimate of drug-likeness (QED) is 0.795. The topological polar surface area (TPSA) is 70.9 Å². The summed E-state index contributed by atoms with van der Waals surface area (Å²) in [7, 11) is 3.58. The van der Waals surface area contributed by atoms with E-state index >= 15 is 0 Å². The predicted octanol–water partition coefficient (Wildman–Crippen LogP) is 1.97. The van der Waals surface area contributed by atoms with Crippen molar-refractivity contribution in [1.29, 1.82) is 0 Å². The number of methoxy groups -OCH3 is 1. The van der Waals surface area contributed by atoms with Gasteiger partial charge in [-0.15, -0.1) is 0 Å². The summed E-state index contributed by atoms with van der Waals surface area (Å²) in [5.74, 6) is 1.36. The summed E-state index contributed by atoms with van der Waals surface area (Å²) in [4.78, 5) is 4.47. The number of ether oxygens (including phenoxy) is 1. The van der Waals surface area contributed by atoms with Crippen molar-refractivity contribution in [1.82, 2.24) is 19.3 Å². The third-order valence-electron chi connectivity index (χ3n) is 3.66. The van der Waals surface area contributed by atoms with Gasteiger partial charge in [0, 0.05) is 7.05 Å². The third kappa shape index (κ3) is 2.22. The first kappa shape index (κ1) is 13.5. The zero-order valence-corrected chi connectivity index (χ0v) is 12.5. The molecule has 0 amide bonds. The first-order valence-electron chi connectivity index (χ1n) is 6.94. The van der Waals surface area contributed by atoms with Crippen LogP contribution in [-0.2, 0) is 20.0 Å². The van der Waals surface area contributed by atoms with Crippen molar-refractivity contribution >= 4 is 17.1 Å². The Morgan fingerprint density at radius 3 is 2.57 bits per heavy atom. The molecule has 0 saturated carbocycles. The van der Waals surface area contributed by atoms with E-state index < -0.39 is 0 Å². The van der Waals surface area contributed by atoms with E-state index in [1.54, 1.807) is 7.11 Å². The second-order valence-corrected chi connectivity index (χ2v) is 5.00. The van der Waals surface area contributed by atoms with Crippen molar-refractivity contribution < 1.29 is 4.74 Å². The number of nitrogens with two attached hydrogens (primary N) is 1. The number of fused-ring (bicyclic) bond motifs is 1. The van der Waals surface area contributed by atoms with Crippen molar-refractivity contribution in [3.63, 3.8) is 0 Å². The molecule has 0 spiro atoms. The molecule has 1 aromatic carbocycles. The molecule has 2 aromatic heterocycles. The molecular weight excluding hydrogens is 266 g/mol. The standard InChI is InChI=1S/C15H19N5O/c1-4-12-13-14(19(2)18-12)20(15(16)17-13)9-10-5-7-11(21-3)8-6-10/h5-8H,4,9H2,1-3H3,(H2,16,17). The molecule has 0 aliphatic carbocycles. The molecular formula is C15H19N5O. The maximum Gasteiger partial charge on any atom is 0.202 e. The lowest BCUT2D eigenvalue weighted by Gasteiger charge is -2.08. The summed E-state index contributed by atoms with van der Waals surface area (Å²) in [6, 6.07) is 7.95. The maximum atomic E-state index is 6.08. The van der Waals surface area contributed by atoms with Crippen LogP contribution >= 0.6 is 0 Å². The first-order valence-corrected chi connectivity index (χ1v) is 6.94. The smallest absolute Gasteiger partial charge is 0.202 e. The Balaban J connectivity index is 2.03. The highest BCUT2D eigenvalue weighted by molar-refractivity contribution is 5.77. The van der Waals surface area contributed by atoms with E-state index in [2.05, 4.69) is 17.0 Å². The number of anilines is 1. The Hall–Kier alpha value is -2.50. The number of hydrogen-bond donors (Lipinski definition) is 1. The van der Waals surface area contributed by atoms with E-state index in [1.807, 2.05) is 40.6 Å². The molecule has 3 rings (SSSR count). The predicted molar refractivity (Wildman–Crippen MR) is 82.4 cm³/mol. The summed E-state index contributed by atoms with van der Waals surface area (Å²) in [5, 5.41) is 4.50. The number of imidazole rings is 1. The van der Waals surface area contributed by atoms with Gasteiger partial charge in [0.1, 0.15) is 11.3 Å². The van der Waals surface area contributed by atoms with Crippen molar-refractivity contribution in [2.45, 2.75) is 19.9 Å². The number of aryl methyl sites for hydroxylation is 2. The van der Waals surface area contributed by atoms with Gasteiger partial charge in [-0.1, -0.05) is 19.1 Å². The fourth-order valence-electron chi connectivity index (χ4n) is 2.57. The molecule has 3 aromatic rings. The Morgan fingerprint density at radius 2 is 1.95 bits per heavy atom. The van der Waals surface area contributed by atoms with E-state index in [9.17, 15) is 0 Å². The van der Waals surface area contributed by atoms with Crippen molar-refractivity contribution in [3.8, 4) is 5.75 Å². The number of aromatic nitrogens is 4. The van der Waals surface area contributed by atoms with Crippen molar-refractivity contribution in [3.05, 3.63) is 35.5 Å². The van der Waals surface area contributed by atoms with Gasteiger partial charge in [-0.2, -0.15) is 5.10 Å². The van der Waals surface area contributed by atoms with Crippen LogP contribution in [0.25, 0.3) is 11.2 Å². The molecule has 0 bridgehead atoms. The molecule has 2 heterocycles. The van der Waals surface area contributed by atoms with Crippen LogP contribution < -0.4 is 10.5 Å². The number of nitrogen functional groups attached to an aromatic ring is 1. The van der Waals surface area contributed by atoms with Crippen LogP contribution in [0.1, 0.15) is 18.2 Å². The van der Waals surface area contributed by atoms with Gasteiger partial charge < -0.3 is 10.5 Å². The number of nitrogens with zero attached hydrogens (tertiary/aromatic N) is 4. The van der Waals surface area contributed by atoms with Crippen LogP contribution in [-0.4, -0.2) is 26.4 Å². The van der Waals surface area contributed by atoms with Crippen LogP contribution in [0, 0.1) is 0 Å². The van der Waals surface area contributed by atoms with Gasteiger partial charge in [0.2, 0.25) is 5.95 Å². The lowest BCUT2D eigenvalue weighted by molar-refractivity contribution is 0.414. The Kier molecular flexibility index (Phi) is 3.29. The summed E-state index contributed by atoms with van der Waals surface area (Å²) in [5.41, 5.74) is 10.1. The summed E-state index contributed by atoms with van der Waals surface area (Å²) in [6.45, 7) is 2.73. The minimum absolute atomic E-state index is 0.517. The SMILES string of the molecule is CCc1nn(C)c2c1nc(N)n2Cc1ccc(OC)cc1. The minimum atomic E-state index is 0.517. The summed E-state index contributed by atoms with van der Waals surface area (Å²) >= 11 is 0. The molecule has 21 heavy (non-hydrogen) atoms. The monoisotopic (exact) mass is 285 g/mol. The molecule has 0 aliphatic rings. The fourth-order valence-corrected chi connectivity index (χ4v) is 2.57. The molecule has 0 radical (unpaired) electrons. The highest BCUT2D eigenvalue weighted by atomic mass is 16.5. The van der Waals surface area contributed by atoms with Gasteiger partial charge in [0.25, 0.3) is 0 Å². The zero-order chi connectivity index (χ0) is 15.0. The van der Waals surface area contributed by atoms with Gasteiger partial charge in [-0.05, 0) is 24.1 Å². The van der Waals surface area contributed by atoms with E-state index in [-0.39, 0.29) is 0 Å². The van der Waals surface area contributed by atoms with Gasteiger partial charge in [0.15, 0.2) is 5.65 Å². The molecule has 110 valence electrons. The van der Waals surface area contributed by atoms with E-state index in [0.717, 1.165) is 34.6 Å². The molecule has 6 nitrogen and oxygen atoms in total. The van der Waals surface area contributed by atoms with Crippen LogP contribution in [0.15, 0.2) is 24.3 Å². The normalized spacial score (nSPS) is 11.2. The highest BCUT2D eigenvalue weighted by Gasteiger charge is 2.17. The first-order chi connectivity index (χ1) is 10.1. The Labute approximate surface area is 123 Å². The van der Waals surface area contributed by atoms with Crippen LogP contribution in [0.4, 0.5) is 5.95 Å². The molecule has 0 fully saturated rings. The second-order valence-electron chi connectivity index (χ2n) is 5.00. The van der Waals surface area contributed by atoms with Crippen LogP contribution in [0.2, 0.25) is 0 Å². The molecule has 2 N–H and O–H groups in total. The molecule has 0 saturated heterocycles. The van der Waals surface area contributed by atoms with Crippen LogP contribution in [0.5, 0.6) is 5.75 Å². The second kappa shape index (κ2) is 5.12. The molecule has 0 atom stereocenters. The number of benzene rings is 1. The number of hydrogen-bond acceptors (Lipinski definition) is 4. The third-order valence-corrected chi connectivity index (χ3v) is 3.66. The van der Waals surface area contributed by atoms with E-state index in [4.69, 9.17) is 10.5 Å². The van der Waals surface area contributed by atoms with Gasteiger partial charge in [0.05, 0.1) is 19.3 Å². The molecule has 0 aliphatic heterocycles. The van der Waals surface area contributed by atoms with Gasteiger partial charge in [-0.25, -0.2) is 4.98 Å². The Bertz CT molecular complexity index is 770. The average molecular weight is 285 g/mol. The van der Waals surface area contributed by atoms with Crippen LogP contribution in [0.3, 0.4) is 0 Å². The summed E-state index contributed by atoms with van der Waals surface area (Å²) < 4.78 is 9.02.